The van der Waals surface area contributed by atoms with E-state index in [9.17, 15) is 8.78 Å². The minimum atomic E-state index is -0.823. The Bertz CT molecular complexity index is 543. The zero-order chi connectivity index (χ0) is 13.8. The van der Waals surface area contributed by atoms with Gasteiger partial charge < -0.3 is 5.32 Å². The first-order valence-electron chi connectivity index (χ1n) is 6.20. The molecule has 1 aromatic carbocycles. The van der Waals surface area contributed by atoms with E-state index in [4.69, 9.17) is 0 Å². The fourth-order valence-electron chi connectivity index (χ4n) is 2.04. The summed E-state index contributed by atoms with van der Waals surface area (Å²) in [4.78, 5) is 4.24. The average molecular weight is 262 g/mol. The summed E-state index contributed by atoms with van der Waals surface area (Å²) in [5.74, 6) is -1.62. The third kappa shape index (κ3) is 3.15. The highest BCUT2D eigenvalue weighted by Gasteiger charge is 2.16. The van der Waals surface area contributed by atoms with E-state index in [0.29, 0.717) is 5.56 Å². The molecule has 19 heavy (non-hydrogen) atoms. The lowest BCUT2D eigenvalue weighted by molar-refractivity contribution is 0.445. The summed E-state index contributed by atoms with van der Waals surface area (Å²) in [5, 5.41) is 3.21. The van der Waals surface area contributed by atoms with Crippen LogP contribution in [0.1, 0.15) is 37.2 Å². The zero-order valence-electron chi connectivity index (χ0n) is 10.9. The van der Waals surface area contributed by atoms with Crippen molar-refractivity contribution in [1.82, 2.24) is 10.3 Å². The largest absolute Gasteiger partial charge is 0.302 e. The molecule has 1 heterocycles. The van der Waals surface area contributed by atoms with Gasteiger partial charge in [-0.25, -0.2) is 8.78 Å². The van der Waals surface area contributed by atoms with Gasteiger partial charge in [-0.15, -0.1) is 0 Å². The fraction of sp³-hybridized carbons (Fsp3) is 0.267. The highest BCUT2D eigenvalue weighted by molar-refractivity contribution is 5.22. The topological polar surface area (TPSA) is 24.9 Å². The van der Waals surface area contributed by atoms with Crippen molar-refractivity contribution in [3.8, 4) is 0 Å². The molecule has 0 radical (unpaired) electrons. The molecular weight excluding hydrogens is 246 g/mol. The number of nitrogens with one attached hydrogen (secondary N) is 1. The molecular formula is C15H16F2N2. The highest BCUT2D eigenvalue weighted by Crippen LogP contribution is 2.22. The number of aromatic nitrogens is 1. The Morgan fingerprint density at radius 3 is 2.47 bits per heavy atom. The summed E-state index contributed by atoms with van der Waals surface area (Å²) in [7, 11) is 0. The van der Waals surface area contributed by atoms with Crippen LogP contribution >= 0.6 is 0 Å². The molecule has 4 heteroatoms. The maximum absolute atomic E-state index is 13.7. The van der Waals surface area contributed by atoms with Gasteiger partial charge in [-0.1, -0.05) is 18.2 Å². The summed E-state index contributed by atoms with van der Waals surface area (Å²) < 4.78 is 26.9. The maximum Gasteiger partial charge on any atom is 0.163 e. The van der Waals surface area contributed by atoms with Gasteiger partial charge in [0.05, 0.1) is 5.69 Å². The average Bonchev–Trinajstić information content (AvgIpc) is 2.42. The van der Waals surface area contributed by atoms with Gasteiger partial charge in [0, 0.05) is 23.8 Å². The standard InChI is InChI=1S/C15H16F2N2/c1-10(12-6-5-7-13(16)15(12)17)19-11(2)14-8-3-4-9-18-14/h3-11,19H,1-2H3/t10?,11-/m0/s1. The van der Waals surface area contributed by atoms with E-state index in [1.165, 1.54) is 6.07 Å². The van der Waals surface area contributed by atoms with Crippen LogP contribution < -0.4 is 5.32 Å². The second kappa shape index (κ2) is 5.89. The first-order chi connectivity index (χ1) is 9.09. The lowest BCUT2D eigenvalue weighted by Gasteiger charge is -2.20. The van der Waals surface area contributed by atoms with Crippen molar-refractivity contribution < 1.29 is 8.78 Å². The molecule has 0 saturated carbocycles. The third-order valence-corrected chi connectivity index (χ3v) is 3.08. The van der Waals surface area contributed by atoms with Crippen molar-refractivity contribution >= 4 is 0 Å². The number of rotatable bonds is 4. The first-order valence-corrected chi connectivity index (χ1v) is 6.20. The molecule has 2 nitrogen and oxygen atoms in total. The summed E-state index contributed by atoms with van der Waals surface area (Å²) in [5.41, 5.74) is 1.19. The molecule has 1 unspecified atom stereocenters. The normalized spacial score (nSPS) is 14.1. The van der Waals surface area contributed by atoms with Crippen LogP contribution in [0.2, 0.25) is 0 Å². The maximum atomic E-state index is 13.7. The Labute approximate surface area is 111 Å². The Balaban J connectivity index is 2.13. The predicted octanol–water partition coefficient (Wildman–Crippen LogP) is 3.77. The van der Waals surface area contributed by atoms with E-state index in [1.54, 1.807) is 19.2 Å². The molecule has 2 rings (SSSR count). The quantitative estimate of drug-likeness (QED) is 0.907. The van der Waals surface area contributed by atoms with Crippen molar-refractivity contribution in [2.75, 3.05) is 0 Å². The monoisotopic (exact) mass is 262 g/mol. The van der Waals surface area contributed by atoms with Gasteiger partial charge in [0.2, 0.25) is 0 Å². The second-order valence-electron chi connectivity index (χ2n) is 4.51. The van der Waals surface area contributed by atoms with Crippen molar-refractivity contribution in [2.45, 2.75) is 25.9 Å². The van der Waals surface area contributed by atoms with Crippen LogP contribution in [0, 0.1) is 11.6 Å². The number of nitrogens with zero attached hydrogens (tertiary/aromatic N) is 1. The lowest BCUT2D eigenvalue weighted by Crippen LogP contribution is -2.24. The molecule has 100 valence electrons. The third-order valence-electron chi connectivity index (χ3n) is 3.08. The smallest absolute Gasteiger partial charge is 0.163 e. The van der Waals surface area contributed by atoms with E-state index in [1.807, 2.05) is 25.1 Å². The van der Waals surface area contributed by atoms with Gasteiger partial charge in [0.15, 0.2) is 11.6 Å². The first kappa shape index (κ1) is 13.6. The van der Waals surface area contributed by atoms with Crippen molar-refractivity contribution in [3.05, 3.63) is 65.5 Å². The van der Waals surface area contributed by atoms with Crippen LogP contribution in [-0.2, 0) is 0 Å². The summed E-state index contributed by atoms with van der Waals surface area (Å²) in [6, 6.07) is 9.50. The molecule has 0 spiro atoms. The minimum Gasteiger partial charge on any atom is -0.302 e. The fourth-order valence-corrected chi connectivity index (χ4v) is 2.04. The Morgan fingerprint density at radius 2 is 1.79 bits per heavy atom. The molecule has 2 atom stereocenters. The molecule has 2 aromatic rings. The Kier molecular flexibility index (Phi) is 4.22. The van der Waals surface area contributed by atoms with Crippen LogP contribution in [0.15, 0.2) is 42.6 Å². The molecule has 0 amide bonds. The predicted molar refractivity (Wildman–Crippen MR) is 70.6 cm³/mol. The highest BCUT2D eigenvalue weighted by atomic mass is 19.2. The van der Waals surface area contributed by atoms with E-state index >= 15 is 0 Å². The lowest BCUT2D eigenvalue weighted by atomic mass is 10.1. The number of halogens is 2. The summed E-state index contributed by atoms with van der Waals surface area (Å²) >= 11 is 0. The number of hydrogen-bond acceptors (Lipinski definition) is 2. The van der Waals surface area contributed by atoms with Gasteiger partial charge in [-0.05, 0) is 32.0 Å². The van der Waals surface area contributed by atoms with Gasteiger partial charge in [0.25, 0.3) is 0 Å². The van der Waals surface area contributed by atoms with Crippen LogP contribution in [0.25, 0.3) is 0 Å². The Hall–Kier alpha value is -1.81. The van der Waals surface area contributed by atoms with E-state index in [2.05, 4.69) is 10.3 Å². The van der Waals surface area contributed by atoms with Crippen molar-refractivity contribution in [1.29, 1.82) is 0 Å². The van der Waals surface area contributed by atoms with Crippen LogP contribution in [0.4, 0.5) is 8.78 Å². The number of pyridine rings is 1. The van der Waals surface area contributed by atoms with Crippen molar-refractivity contribution in [2.24, 2.45) is 0 Å². The summed E-state index contributed by atoms with van der Waals surface area (Å²) in [6.45, 7) is 3.74. The molecule has 1 N–H and O–H groups in total. The SMILES string of the molecule is CC(N[C@@H](C)c1ccccn1)c1cccc(F)c1F. The molecule has 0 aliphatic heterocycles. The Morgan fingerprint density at radius 1 is 1.00 bits per heavy atom. The molecule has 0 bridgehead atoms. The van der Waals surface area contributed by atoms with E-state index in [0.717, 1.165) is 11.8 Å². The zero-order valence-corrected chi connectivity index (χ0v) is 10.9. The second-order valence-corrected chi connectivity index (χ2v) is 4.51. The molecule has 1 aromatic heterocycles. The summed E-state index contributed by atoms with van der Waals surface area (Å²) in [6.07, 6.45) is 1.71. The van der Waals surface area contributed by atoms with Gasteiger partial charge in [-0.2, -0.15) is 0 Å². The van der Waals surface area contributed by atoms with Crippen LogP contribution in [0.3, 0.4) is 0 Å². The molecule has 0 fully saturated rings. The number of benzene rings is 1. The molecule has 0 aliphatic carbocycles. The van der Waals surface area contributed by atoms with E-state index < -0.39 is 11.6 Å². The van der Waals surface area contributed by atoms with Gasteiger partial charge in [-0.3, -0.25) is 4.98 Å². The minimum absolute atomic E-state index is 0.0427. The van der Waals surface area contributed by atoms with Crippen LogP contribution in [-0.4, -0.2) is 4.98 Å². The van der Waals surface area contributed by atoms with Crippen molar-refractivity contribution in [3.63, 3.8) is 0 Å². The molecule has 0 aliphatic rings. The van der Waals surface area contributed by atoms with Crippen LogP contribution in [0.5, 0.6) is 0 Å². The van der Waals surface area contributed by atoms with E-state index in [-0.39, 0.29) is 12.1 Å². The molecule has 0 saturated heterocycles. The van der Waals surface area contributed by atoms with Gasteiger partial charge >= 0.3 is 0 Å². The number of hydrogen-bond donors (Lipinski definition) is 1. The van der Waals surface area contributed by atoms with Gasteiger partial charge in [0.1, 0.15) is 0 Å².